The summed E-state index contributed by atoms with van der Waals surface area (Å²) >= 11 is 0. The van der Waals surface area contributed by atoms with Gasteiger partial charge in [0.15, 0.2) is 10.8 Å². The Morgan fingerprint density at radius 3 is 2.44 bits per heavy atom. The van der Waals surface area contributed by atoms with E-state index in [2.05, 4.69) is 10.3 Å². The third-order valence-corrected chi connectivity index (χ3v) is 4.71. The fourth-order valence-corrected chi connectivity index (χ4v) is 3.10. The number of aromatic nitrogens is 1. The number of rotatable bonds is 4. The number of benzene rings is 2. The molecule has 1 unspecified atom stereocenters. The number of nitrogens with one attached hydrogen (secondary N) is 2. The zero-order valence-corrected chi connectivity index (χ0v) is 13.6. The zero-order valence-electron chi connectivity index (χ0n) is 12.8. The Hall–Kier alpha value is -2.61. The number of hydrogen-bond donors (Lipinski definition) is 2. The number of carbonyl (C=O) groups excluding carboxylic acids is 1. The third kappa shape index (κ3) is 3.90. The number of fused-ring (bicyclic) bond motifs is 1. The van der Waals surface area contributed by atoms with Crippen molar-refractivity contribution < 1.29 is 22.2 Å². The van der Waals surface area contributed by atoms with Crippen molar-refractivity contribution in [1.82, 2.24) is 4.98 Å². The van der Waals surface area contributed by atoms with Crippen LogP contribution >= 0.6 is 0 Å². The highest BCUT2D eigenvalue weighted by Gasteiger charge is 2.37. The van der Waals surface area contributed by atoms with Crippen LogP contribution in [0, 0.1) is 0 Å². The van der Waals surface area contributed by atoms with Gasteiger partial charge in [0.25, 0.3) is 0 Å². The number of aromatic amines is 1. The minimum atomic E-state index is -4.81. The molecule has 0 spiro atoms. The van der Waals surface area contributed by atoms with Gasteiger partial charge in [-0.15, -0.1) is 0 Å². The van der Waals surface area contributed by atoms with Crippen LogP contribution in [-0.4, -0.2) is 20.6 Å². The predicted octanol–water partition coefficient (Wildman–Crippen LogP) is 3.98. The Bertz CT molecular complexity index is 933. The van der Waals surface area contributed by atoms with Crippen LogP contribution in [0.4, 0.5) is 18.9 Å². The number of halogens is 3. The molecule has 1 aromatic heterocycles. The molecular formula is C17H13F3N2O2S. The highest BCUT2D eigenvalue weighted by molar-refractivity contribution is 7.86. The smallest absolute Gasteiger partial charge is 0.361 e. The van der Waals surface area contributed by atoms with E-state index in [0.717, 1.165) is 28.6 Å². The molecule has 0 bridgehead atoms. The third-order valence-electron chi connectivity index (χ3n) is 3.59. The van der Waals surface area contributed by atoms with Crippen molar-refractivity contribution in [3.8, 4) is 0 Å². The largest absolute Gasteiger partial charge is 0.475 e. The molecule has 2 aromatic carbocycles. The van der Waals surface area contributed by atoms with Crippen molar-refractivity contribution in [2.24, 2.45) is 0 Å². The van der Waals surface area contributed by atoms with E-state index in [-0.39, 0.29) is 17.2 Å². The molecule has 0 fully saturated rings. The quantitative estimate of drug-likeness (QED) is 0.734. The summed E-state index contributed by atoms with van der Waals surface area (Å²) in [5, 5.41) is 3.56. The Morgan fingerprint density at radius 1 is 1.08 bits per heavy atom. The molecule has 8 heteroatoms. The molecule has 3 rings (SSSR count). The van der Waals surface area contributed by atoms with E-state index in [1.54, 1.807) is 6.20 Å². The zero-order chi connectivity index (χ0) is 18.0. The molecule has 25 heavy (non-hydrogen) atoms. The molecule has 0 aliphatic rings. The van der Waals surface area contributed by atoms with Gasteiger partial charge in [-0.3, -0.25) is 4.79 Å². The molecule has 1 heterocycles. The van der Waals surface area contributed by atoms with Crippen molar-refractivity contribution in [3.05, 3.63) is 60.3 Å². The van der Waals surface area contributed by atoms with E-state index in [4.69, 9.17) is 0 Å². The second-order valence-electron chi connectivity index (χ2n) is 5.32. The fourth-order valence-electron chi connectivity index (χ4n) is 2.45. The summed E-state index contributed by atoms with van der Waals surface area (Å²) in [6, 6.07) is 12.3. The van der Waals surface area contributed by atoms with Crippen LogP contribution in [0.5, 0.6) is 0 Å². The van der Waals surface area contributed by atoms with Gasteiger partial charge in [0.1, 0.15) is 0 Å². The van der Waals surface area contributed by atoms with Crippen molar-refractivity contribution in [2.45, 2.75) is 16.8 Å². The second kappa shape index (κ2) is 6.72. The Kier molecular flexibility index (Phi) is 4.63. The van der Waals surface area contributed by atoms with Gasteiger partial charge in [0.2, 0.25) is 5.91 Å². The van der Waals surface area contributed by atoms with E-state index in [1.165, 1.54) is 12.1 Å². The van der Waals surface area contributed by atoms with Crippen molar-refractivity contribution in [3.63, 3.8) is 0 Å². The van der Waals surface area contributed by atoms with Crippen LogP contribution in [0.2, 0.25) is 0 Å². The number of H-pyrrole nitrogens is 1. The topological polar surface area (TPSA) is 62.0 Å². The van der Waals surface area contributed by atoms with Gasteiger partial charge in [-0.1, -0.05) is 18.2 Å². The van der Waals surface area contributed by atoms with Gasteiger partial charge >= 0.3 is 5.51 Å². The first-order chi connectivity index (χ1) is 11.8. The van der Waals surface area contributed by atoms with E-state index in [1.807, 2.05) is 24.3 Å². The lowest BCUT2D eigenvalue weighted by Gasteiger charge is -2.08. The second-order valence-corrected chi connectivity index (χ2v) is 6.80. The SMILES string of the molecule is O=C(Cc1c[nH]c2ccccc12)Nc1ccc(S(=O)C(F)(F)F)cc1. The van der Waals surface area contributed by atoms with Gasteiger partial charge in [-0.2, -0.15) is 13.2 Å². The van der Waals surface area contributed by atoms with Gasteiger partial charge in [-0.05, 0) is 35.9 Å². The molecular weight excluding hydrogens is 353 g/mol. The van der Waals surface area contributed by atoms with Crippen LogP contribution < -0.4 is 5.32 Å². The molecule has 1 atom stereocenters. The summed E-state index contributed by atoms with van der Waals surface area (Å²) in [7, 11) is -3.08. The first kappa shape index (κ1) is 17.2. The molecule has 4 nitrogen and oxygen atoms in total. The molecule has 0 radical (unpaired) electrons. The number of alkyl halides is 3. The average Bonchev–Trinajstić information content (AvgIpc) is 2.97. The minimum Gasteiger partial charge on any atom is -0.361 e. The van der Waals surface area contributed by atoms with E-state index in [0.29, 0.717) is 5.69 Å². The van der Waals surface area contributed by atoms with Crippen LogP contribution in [0.3, 0.4) is 0 Å². The monoisotopic (exact) mass is 366 g/mol. The van der Waals surface area contributed by atoms with Gasteiger partial charge in [0, 0.05) is 27.7 Å². The highest BCUT2D eigenvalue weighted by atomic mass is 32.2. The molecule has 2 N–H and O–H groups in total. The summed E-state index contributed by atoms with van der Waals surface area (Å²) in [5.41, 5.74) is -2.72. The number of amides is 1. The lowest BCUT2D eigenvalue weighted by molar-refractivity contribution is -0.115. The van der Waals surface area contributed by atoms with E-state index >= 15 is 0 Å². The molecule has 0 aliphatic carbocycles. The summed E-state index contributed by atoms with van der Waals surface area (Å²) in [6.45, 7) is 0. The van der Waals surface area contributed by atoms with E-state index in [9.17, 15) is 22.2 Å². The number of carbonyl (C=O) groups is 1. The normalized spacial score (nSPS) is 12.9. The highest BCUT2D eigenvalue weighted by Crippen LogP contribution is 2.27. The number of hydrogen-bond acceptors (Lipinski definition) is 2. The van der Waals surface area contributed by atoms with Gasteiger partial charge < -0.3 is 10.3 Å². The lowest BCUT2D eigenvalue weighted by atomic mass is 10.1. The van der Waals surface area contributed by atoms with Crippen molar-refractivity contribution in [1.29, 1.82) is 0 Å². The molecule has 0 aliphatic heterocycles. The van der Waals surface area contributed by atoms with Crippen LogP contribution in [0.15, 0.2) is 59.6 Å². The maximum absolute atomic E-state index is 12.4. The summed E-state index contributed by atoms with van der Waals surface area (Å²) < 4.78 is 48.5. The summed E-state index contributed by atoms with van der Waals surface area (Å²) in [5.74, 6) is -0.297. The predicted molar refractivity (Wildman–Crippen MR) is 89.5 cm³/mol. The van der Waals surface area contributed by atoms with Crippen LogP contribution in [0.1, 0.15) is 5.56 Å². The standard InChI is InChI=1S/C17H13F3N2O2S/c18-17(19,20)25(24)13-7-5-12(6-8-13)22-16(23)9-11-10-21-15-4-2-1-3-14(11)15/h1-8,10,21H,9H2,(H,22,23). The van der Waals surface area contributed by atoms with Gasteiger partial charge in [0.05, 0.1) is 6.42 Å². The van der Waals surface area contributed by atoms with Gasteiger partial charge in [-0.25, -0.2) is 4.21 Å². The summed E-state index contributed by atoms with van der Waals surface area (Å²) in [4.78, 5) is 14.8. The van der Waals surface area contributed by atoms with Crippen LogP contribution in [0.25, 0.3) is 10.9 Å². The molecule has 0 saturated heterocycles. The molecule has 3 aromatic rings. The summed E-state index contributed by atoms with van der Waals surface area (Å²) in [6.07, 6.45) is 1.88. The fraction of sp³-hybridized carbons (Fsp3) is 0.118. The maximum atomic E-state index is 12.4. The molecule has 0 saturated carbocycles. The van der Waals surface area contributed by atoms with Crippen molar-refractivity contribution in [2.75, 3.05) is 5.32 Å². The lowest BCUT2D eigenvalue weighted by Crippen LogP contribution is -2.17. The number of para-hydroxylation sites is 1. The Morgan fingerprint density at radius 2 is 1.76 bits per heavy atom. The molecule has 1 amide bonds. The van der Waals surface area contributed by atoms with E-state index < -0.39 is 16.3 Å². The Labute approximate surface area is 143 Å². The van der Waals surface area contributed by atoms with Crippen molar-refractivity contribution >= 4 is 33.3 Å². The Balaban J connectivity index is 1.68. The molecule has 130 valence electrons. The first-order valence-corrected chi connectivity index (χ1v) is 8.43. The van der Waals surface area contributed by atoms with Crippen LogP contribution in [-0.2, 0) is 22.0 Å². The maximum Gasteiger partial charge on any atom is 0.475 e. The first-order valence-electron chi connectivity index (χ1n) is 7.28. The average molecular weight is 366 g/mol. The number of anilines is 1. The minimum absolute atomic E-state index is 0.125.